The number of nitrogens with one attached hydrogen (secondary N) is 2. The fourth-order valence-electron chi connectivity index (χ4n) is 1.50. The fourth-order valence-corrected chi connectivity index (χ4v) is 1.50. The van der Waals surface area contributed by atoms with E-state index >= 15 is 0 Å². The zero-order valence-electron chi connectivity index (χ0n) is 9.71. The van der Waals surface area contributed by atoms with Crippen LogP contribution in [0, 0.1) is 5.92 Å². The second-order valence-electron chi connectivity index (χ2n) is 4.21. The molecule has 2 heterocycles. The van der Waals surface area contributed by atoms with E-state index < -0.39 is 0 Å². The lowest BCUT2D eigenvalue weighted by atomic mass is 10.1. The van der Waals surface area contributed by atoms with E-state index in [0.29, 0.717) is 11.5 Å². The Morgan fingerprint density at radius 1 is 1.59 bits per heavy atom. The Kier molecular flexibility index (Phi) is 3.10. The Labute approximate surface area is 97.5 Å². The number of rotatable bonds is 4. The summed E-state index contributed by atoms with van der Waals surface area (Å²) in [4.78, 5) is 15.3. The highest BCUT2D eigenvalue weighted by Crippen LogP contribution is 2.10. The van der Waals surface area contributed by atoms with Crippen molar-refractivity contribution in [1.82, 2.24) is 19.6 Å². The molecule has 7 heteroatoms. The first-order valence-electron chi connectivity index (χ1n) is 5.42. The van der Waals surface area contributed by atoms with E-state index in [1.165, 1.54) is 10.7 Å². The number of hydrogen-bond acceptors (Lipinski definition) is 5. The Bertz CT molecular complexity index is 559. The van der Waals surface area contributed by atoms with Crippen molar-refractivity contribution >= 4 is 11.5 Å². The van der Waals surface area contributed by atoms with Gasteiger partial charge in [-0.2, -0.15) is 5.10 Å². The molecule has 92 valence electrons. The number of fused-ring (bicyclic) bond motifs is 1. The topological polar surface area (TPSA) is 95.3 Å². The molecule has 2 rings (SSSR count). The molecule has 0 fully saturated rings. The number of hydrogen-bond donors (Lipinski definition) is 3. The van der Waals surface area contributed by atoms with Gasteiger partial charge in [0.25, 0.3) is 0 Å². The highest BCUT2D eigenvalue weighted by molar-refractivity contribution is 5.48. The molecule has 0 spiro atoms. The zero-order chi connectivity index (χ0) is 12.4. The van der Waals surface area contributed by atoms with Gasteiger partial charge in [-0.1, -0.05) is 13.8 Å². The van der Waals surface area contributed by atoms with Gasteiger partial charge in [-0.15, -0.1) is 0 Å². The van der Waals surface area contributed by atoms with Gasteiger partial charge in [0.05, 0.1) is 12.6 Å². The van der Waals surface area contributed by atoms with E-state index in [0.717, 1.165) is 0 Å². The van der Waals surface area contributed by atoms with Gasteiger partial charge in [-0.05, 0) is 5.92 Å². The monoisotopic (exact) mass is 237 g/mol. The molecule has 17 heavy (non-hydrogen) atoms. The molecule has 3 N–H and O–H groups in total. The number of aliphatic hydroxyl groups excluding tert-OH is 1. The molecule has 0 amide bonds. The number of aliphatic hydroxyl groups is 1. The summed E-state index contributed by atoms with van der Waals surface area (Å²) in [6.45, 7) is 4.04. The first-order chi connectivity index (χ1) is 8.11. The Balaban J connectivity index is 2.27. The van der Waals surface area contributed by atoms with Crippen LogP contribution < -0.4 is 11.0 Å². The summed E-state index contributed by atoms with van der Waals surface area (Å²) in [7, 11) is 0. The number of aromatic nitrogens is 4. The zero-order valence-corrected chi connectivity index (χ0v) is 9.71. The van der Waals surface area contributed by atoms with Crippen molar-refractivity contribution in [3.8, 4) is 0 Å². The highest BCUT2D eigenvalue weighted by atomic mass is 16.3. The molecule has 0 aliphatic carbocycles. The summed E-state index contributed by atoms with van der Waals surface area (Å²) in [5.41, 5.74) is 0.176. The molecular formula is C10H15N5O2. The van der Waals surface area contributed by atoms with Crippen LogP contribution in [0.2, 0.25) is 0 Å². The van der Waals surface area contributed by atoms with Gasteiger partial charge in [-0.25, -0.2) is 19.3 Å². The second-order valence-corrected chi connectivity index (χ2v) is 4.21. The SMILES string of the molecule is CC(C)C(CO)Nc1cc2n[nH]c(=O)n2cn1. The molecular weight excluding hydrogens is 222 g/mol. The normalized spacial score (nSPS) is 13.2. The fraction of sp³-hybridized carbons (Fsp3) is 0.500. The lowest BCUT2D eigenvalue weighted by Gasteiger charge is -2.20. The van der Waals surface area contributed by atoms with Gasteiger partial charge >= 0.3 is 5.69 Å². The quantitative estimate of drug-likeness (QED) is 0.687. The highest BCUT2D eigenvalue weighted by Gasteiger charge is 2.12. The molecule has 1 unspecified atom stereocenters. The van der Waals surface area contributed by atoms with Gasteiger partial charge in [0.15, 0.2) is 5.65 Å². The van der Waals surface area contributed by atoms with Crippen LogP contribution in [0.3, 0.4) is 0 Å². The van der Waals surface area contributed by atoms with Crippen LogP contribution in [0.25, 0.3) is 5.65 Å². The van der Waals surface area contributed by atoms with Crippen molar-refractivity contribution in [3.05, 3.63) is 22.9 Å². The third-order valence-electron chi connectivity index (χ3n) is 2.64. The summed E-state index contributed by atoms with van der Waals surface area (Å²) >= 11 is 0. The van der Waals surface area contributed by atoms with E-state index in [2.05, 4.69) is 20.5 Å². The Hall–Kier alpha value is -1.89. The molecule has 0 aliphatic rings. The minimum absolute atomic E-state index is 0.0257. The van der Waals surface area contributed by atoms with E-state index in [1.807, 2.05) is 13.8 Å². The molecule has 0 aliphatic heterocycles. The largest absolute Gasteiger partial charge is 0.394 e. The van der Waals surface area contributed by atoms with Gasteiger partial charge in [0, 0.05) is 6.07 Å². The summed E-state index contributed by atoms with van der Waals surface area (Å²) in [6.07, 6.45) is 1.40. The van der Waals surface area contributed by atoms with Crippen LogP contribution in [0.15, 0.2) is 17.2 Å². The molecule has 0 aromatic carbocycles. The third kappa shape index (κ3) is 2.28. The maximum absolute atomic E-state index is 11.2. The van der Waals surface area contributed by atoms with Crippen molar-refractivity contribution in [1.29, 1.82) is 0 Å². The molecule has 7 nitrogen and oxygen atoms in total. The van der Waals surface area contributed by atoms with Crippen LogP contribution in [0.4, 0.5) is 5.82 Å². The van der Waals surface area contributed by atoms with Crippen molar-refractivity contribution in [2.24, 2.45) is 5.92 Å². The number of nitrogens with zero attached hydrogens (tertiary/aromatic N) is 3. The van der Waals surface area contributed by atoms with Crippen molar-refractivity contribution in [2.45, 2.75) is 19.9 Å². The number of anilines is 1. The lowest BCUT2D eigenvalue weighted by Crippen LogP contribution is -2.29. The van der Waals surface area contributed by atoms with Crippen molar-refractivity contribution in [3.63, 3.8) is 0 Å². The Morgan fingerprint density at radius 3 is 3.00 bits per heavy atom. The molecule has 0 bridgehead atoms. The van der Waals surface area contributed by atoms with Gasteiger partial charge < -0.3 is 10.4 Å². The molecule has 0 radical (unpaired) electrons. The average molecular weight is 237 g/mol. The standard InChI is InChI=1S/C10H15N5O2/c1-6(2)7(4-16)12-8-3-9-13-14-10(17)15(9)5-11-8/h3,5-7,12,16H,4H2,1-2H3,(H,14,17). The van der Waals surface area contributed by atoms with Crippen LogP contribution in [0.5, 0.6) is 0 Å². The summed E-state index contributed by atoms with van der Waals surface area (Å²) in [6, 6.07) is 1.58. The van der Waals surface area contributed by atoms with Crippen LogP contribution in [-0.2, 0) is 0 Å². The molecule has 0 saturated heterocycles. The molecule has 1 atom stereocenters. The third-order valence-corrected chi connectivity index (χ3v) is 2.64. The maximum atomic E-state index is 11.2. The van der Waals surface area contributed by atoms with Gasteiger partial charge in [-0.3, -0.25) is 0 Å². The molecule has 2 aromatic heterocycles. The minimum atomic E-state index is -0.318. The number of aromatic amines is 1. The van der Waals surface area contributed by atoms with E-state index in [1.54, 1.807) is 6.07 Å². The van der Waals surface area contributed by atoms with Gasteiger partial charge in [0.1, 0.15) is 12.1 Å². The molecule has 2 aromatic rings. The first-order valence-corrected chi connectivity index (χ1v) is 5.42. The van der Waals surface area contributed by atoms with Crippen LogP contribution in [-0.4, -0.2) is 37.3 Å². The summed E-state index contributed by atoms with van der Waals surface area (Å²) < 4.78 is 1.31. The predicted octanol–water partition coefficient (Wildman–Crippen LogP) is -0.154. The first kappa shape index (κ1) is 11.6. The number of H-pyrrole nitrogens is 1. The smallest absolute Gasteiger partial charge is 0.348 e. The second kappa shape index (κ2) is 4.54. The van der Waals surface area contributed by atoms with Crippen LogP contribution >= 0.6 is 0 Å². The van der Waals surface area contributed by atoms with Gasteiger partial charge in [0.2, 0.25) is 0 Å². The maximum Gasteiger partial charge on any atom is 0.348 e. The minimum Gasteiger partial charge on any atom is -0.394 e. The average Bonchev–Trinajstić information content (AvgIpc) is 2.67. The Morgan fingerprint density at radius 2 is 2.35 bits per heavy atom. The van der Waals surface area contributed by atoms with E-state index in [-0.39, 0.29) is 24.3 Å². The van der Waals surface area contributed by atoms with E-state index in [4.69, 9.17) is 0 Å². The van der Waals surface area contributed by atoms with Crippen LogP contribution in [0.1, 0.15) is 13.8 Å². The predicted molar refractivity (Wildman–Crippen MR) is 62.9 cm³/mol. The van der Waals surface area contributed by atoms with E-state index in [9.17, 15) is 9.90 Å². The summed E-state index contributed by atoms with van der Waals surface area (Å²) in [5, 5.41) is 18.5. The van der Waals surface area contributed by atoms with Crippen molar-refractivity contribution in [2.75, 3.05) is 11.9 Å². The van der Waals surface area contributed by atoms with Crippen molar-refractivity contribution < 1.29 is 5.11 Å². The molecule has 0 saturated carbocycles. The lowest BCUT2D eigenvalue weighted by molar-refractivity contribution is 0.249. The summed E-state index contributed by atoms with van der Waals surface area (Å²) in [5.74, 6) is 0.864.